The highest BCUT2D eigenvalue weighted by molar-refractivity contribution is 5.97. The molecule has 4 N–H and O–H groups in total. The molecular formula is C15H12N6O2. The van der Waals surface area contributed by atoms with Crippen LogP contribution in [0.25, 0.3) is 11.3 Å². The molecule has 0 aliphatic carbocycles. The Morgan fingerprint density at radius 2 is 1.78 bits per heavy atom. The minimum absolute atomic E-state index is 0.0579. The number of nitrogens with one attached hydrogen (secondary N) is 1. The third-order valence-corrected chi connectivity index (χ3v) is 3.05. The number of aromatic hydroxyl groups is 1. The molecule has 8 nitrogen and oxygen atoms in total. The topological polar surface area (TPSA) is 130 Å². The third kappa shape index (κ3) is 3.05. The molecule has 114 valence electrons. The molecule has 0 saturated heterocycles. The molecule has 1 heterocycles. The average molecular weight is 308 g/mol. The highest BCUT2D eigenvalue weighted by Crippen LogP contribution is 2.33. The molecule has 1 aromatic heterocycles. The molecule has 0 atom stereocenters. The van der Waals surface area contributed by atoms with Crippen molar-refractivity contribution in [3.05, 3.63) is 54.2 Å². The third-order valence-electron chi connectivity index (χ3n) is 3.05. The van der Waals surface area contributed by atoms with Gasteiger partial charge in [0, 0.05) is 5.56 Å². The van der Waals surface area contributed by atoms with Crippen molar-refractivity contribution >= 4 is 17.3 Å². The molecule has 0 spiro atoms. The van der Waals surface area contributed by atoms with Gasteiger partial charge in [-0.15, -0.1) is 0 Å². The lowest BCUT2D eigenvalue weighted by atomic mass is 10.1. The van der Waals surface area contributed by atoms with E-state index >= 15 is 0 Å². The molecule has 0 fully saturated rings. The van der Waals surface area contributed by atoms with Crippen LogP contribution in [0.15, 0.2) is 58.8 Å². The summed E-state index contributed by atoms with van der Waals surface area (Å²) >= 11 is 0. The van der Waals surface area contributed by atoms with Crippen LogP contribution in [0, 0.1) is 0 Å². The first-order valence-electron chi connectivity index (χ1n) is 6.66. The number of benzene rings is 2. The fourth-order valence-electron chi connectivity index (χ4n) is 1.98. The lowest BCUT2D eigenvalue weighted by Gasteiger charge is -2.03. The van der Waals surface area contributed by atoms with Gasteiger partial charge in [-0.25, -0.2) is 0 Å². The Morgan fingerprint density at radius 3 is 2.52 bits per heavy atom. The minimum Gasteiger partial charge on any atom is -0.507 e. The second kappa shape index (κ2) is 6.06. The first-order valence-corrected chi connectivity index (χ1v) is 6.66. The van der Waals surface area contributed by atoms with E-state index in [2.05, 4.69) is 25.6 Å². The van der Waals surface area contributed by atoms with E-state index in [1.165, 1.54) is 6.07 Å². The number of phenolic OH excluding ortho intramolecular Hbond substituents is 1. The molecule has 0 radical (unpaired) electrons. The van der Waals surface area contributed by atoms with Gasteiger partial charge in [-0.05, 0) is 30.3 Å². The van der Waals surface area contributed by atoms with Crippen molar-refractivity contribution in [2.45, 2.75) is 0 Å². The van der Waals surface area contributed by atoms with Gasteiger partial charge >= 0.3 is 0 Å². The van der Waals surface area contributed by atoms with Gasteiger partial charge in [0.2, 0.25) is 0 Å². The SMILES string of the molecule is NC(=O)c1n[nH]nc1-c1cc(N=Nc2ccccc2)ccc1O. The van der Waals surface area contributed by atoms with E-state index < -0.39 is 5.91 Å². The standard InChI is InChI=1S/C15H12N6O2/c16-15(23)14-13(19-21-20-14)11-8-10(6-7-12(11)22)18-17-9-4-2-1-3-5-9/h1-8,22H,(H2,16,23)(H,19,20,21). The van der Waals surface area contributed by atoms with Gasteiger partial charge in [0.05, 0.1) is 11.4 Å². The molecule has 1 amide bonds. The van der Waals surface area contributed by atoms with Crippen molar-refractivity contribution in [2.24, 2.45) is 16.0 Å². The number of azo groups is 1. The quantitative estimate of drug-likeness (QED) is 0.639. The minimum atomic E-state index is -0.746. The summed E-state index contributed by atoms with van der Waals surface area (Å²) in [7, 11) is 0. The molecule has 0 aliphatic heterocycles. The van der Waals surface area contributed by atoms with Crippen molar-refractivity contribution < 1.29 is 9.90 Å². The lowest BCUT2D eigenvalue weighted by Crippen LogP contribution is -2.12. The molecule has 0 aliphatic rings. The van der Waals surface area contributed by atoms with Crippen molar-refractivity contribution in [2.75, 3.05) is 0 Å². The predicted molar refractivity (Wildman–Crippen MR) is 82.6 cm³/mol. The van der Waals surface area contributed by atoms with Crippen LogP contribution in [0.2, 0.25) is 0 Å². The van der Waals surface area contributed by atoms with Crippen LogP contribution in [-0.2, 0) is 0 Å². The first kappa shape index (κ1) is 14.4. The second-order valence-corrected chi connectivity index (χ2v) is 4.62. The number of H-pyrrole nitrogens is 1. The lowest BCUT2D eigenvalue weighted by molar-refractivity contribution is 0.0996. The smallest absolute Gasteiger partial charge is 0.271 e. The van der Waals surface area contributed by atoms with Gasteiger partial charge < -0.3 is 10.8 Å². The van der Waals surface area contributed by atoms with Crippen LogP contribution in [0.5, 0.6) is 5.75 Å². The van der Waals surface area contributed by atoms with Crippen LogP contribution >= 0.6 is 0 Å². The number of carbonyl (C=O) groups excluding carboxylic acids is 1. The largest absolute Gasteiger partial charge is 0.507 e. The molecule has 0 unspecified atom stereocenters. The summed E-state index contributed by atoms with van der Waals surface area (Å²) in [5.74, 6) is -0.815. The van der Waals surface area contributed by atoms with E-state index in [-0.39, 0.29) is 22.7 Å². The Kier molecular flexibility index (Phi) is 3.79. The van der Waals surface area contributed by atoms with E-state index in [0.717, 1.165) is 0 Å². The highest BCUT2D eigenvalue weighted by Gasteiger charge is 2.18. The predicted octanol–water partition coefficient (Wildman–Crippen LogP) is 2.69. The number of rotatable bonds is 4. The molecule has 8 heteroatoms. The van der Waals surface area contributed by atoms with Crippen molar-refractivity contribution in [1.82, 2.24) is 15.4 Å². The fraction of sp³-hybridized carbons (Fsp3) is 0. The Hall–Kier alpha value is -3.55. The number of primary amides is 1. The van der Waals surface area contributed by atoms with Gasteiger partial charge in [-0.1, -0.05) is 18.2 Å². The fourth-order valence-corrected chi connectivity index (χ4v) is 1.98. The number of hydrogen-bond acceptors (Lipinski definition) is 6. The zero-order valence-electron chi connectivity index (χ0n) is 11.8. The van der Waals surface area contributed by atoms with Crippen LogP contribution in [0.3, 0.4) is 0 Å². The van der Waals surface area contributed by atoms with Crippen molar-refractivity contribution in [3.63, 3.8) is 0 Å². The van der Waals surface area contributed by atoms with E-state index in [1.54, 1.807) is 12.1 Å². The van der Waals surface area contributed by atoms with Crippen molar-refractivity contribution in [1.29, 1.82) is 0 Å². The number of nitrogens with two attached hydrogens (primary N) is 1. The number of amides is 1. The molecule has 3 aromatic rings. The number of aromatic nitrogens is 3. The maximum absolute atomic E-state index is 11.3. The Bertz CT molecular complexity index is 873. The first-order chi connectivity index (χ1) is 11.1. The summed E-state index contributed by atoms with van der Waals surface area (Å²) in [6, 6.07) is 13.8. The molecule has 2 aromatic carbocycles. The Morgan fingerprint density at radius 1 is 1.04 bits per heavy atom. The summed E-state index contributed by atoms with van der Waals surface area (Å²) in [6.45, 7) is 0. The number of carbonyl (C=O) groups is 1. The highest BCUT2D eigenvalue weighted by atomic mass is 16.3. The van der Waals surface area contributed by atoms with Gasteiger partial charge in [-0.2, -0.15) is 25.6 Å². The van der Waals surface area contributed by atoms with Gasteiger partial charge in [0.25, 0.3) is 5.91 Å². The maximum atomic E-state index is 11.3. The molecule has 0 saturated carbocycles. The summed E-state index contributed by atoms with van der Waals surface area (Å²) in [6.07, 6.45) is 0. The number of nitrogens with zero attached hydrogens (tertiary/aromatic N) is 4. The molecule has 23 heavy (non-hydrogen) atoms. The molecular weight excluding hydrogens is 296 g/mol. The summed E-state index contributed by atoms with van der Waals surface area (Å²) in [4.78, 5) is 11.3. The summed E-state index contributed by atoms with van der Waals surface area (Å²) in [5, 5.41) is 28.0. The van der Waals surface area contributed by atoms with E-state index in [9.17, 15) is 9.90 Å². The van der Waals surface area contributed by atoms with Crippen LogP contribution < -0.4 is 5.73 Å². The van der Waals surface area contributed by atoms with Crippen LogP contribution in [0.1, 0.15) is 10.5 Å². The molecule has 0 bridgehead atoms. The van der Waals surface area contributed by atoms with Gasteiger partial charge in [0.15, 0.2) is 5.69 Å². The van der Waals surface area contributed by atoms with Gasteiger partial charge in [-0.3, -0.25) is 4.79 Å². The number of phenols is 1. The maximum Gasteiger partial charge on any atom is 0.271 e. The number of hydrogen-bond donors (Lipinski definition) is 3. The second-order valence-electron chi connectivity index (χ2n) is 4.62. The van der Waals surface area contributed by atoms with Crippen LogP contribution in [0.4, 0.5) is 11.4 Å². The monoisotopic (exact) mass is 308 g/mol. The van der Waals surface area contributed by atoms with Crippen LogP contribution in [-0.4, -0.2) is 26.4 Å². The van der Waals surface area contributed by atoms with E-state index in [4.69, 9.17) is 5.73 Å². The molecule has 3 rings (SSSR count). The average Bonchev–Trinajstić information content (AvgIpc) is 3.05. The normalized spacial score (nSPS) is 11.0. The summed E-state index contributed by atoms with van der Waals surface area (Å²) < 4.78 is 0. The zero-order chi connectivity index (χ0) is 16.2. The summed E-state index contributed by atoms with van der Waals surface area (Å²) in [5.41, 5.74) is 6.81. The van der Waals surface area contributed by atoms with Gasteiger partial charge in [0.1, 0.15) is 11.4 Å². The zero-order valence-corrected chi connectivity index (χ0v) is 11.8. The Balaban J connectivity index is 1.98. The van der Waals surface area contributed by atoms with E-state index in [0.29, 0.717) is 11.4 Å². The van der Waals surface area contributed by atoms with Crippen molar-refractivity contribution in [3.8, 4) is 17.0 Å². The van der Waals surface area contributed by atoms with E-state index in [1.807, 2.05) is 30.3 Å². The number of aromatic amines is 1. The Labute approximate surface area is 130 Å².